The topological polar surface area (TPSA) is 94.7 Å². The molecule has 2 rings (SSSR count). The number of hydrogen-bond donors (Lipinski definition) is 3. The van der Waals surface area contributed by atoms with E-state index < -0.39 is 5.97 Å². The number of carbonyl (C=O) groups is 1. The molecule has 2 aromatic rings. The summed E-state index contributed by atoms with van der Waals surface area (Å²) in [5, 5.41) is 21.7. The van der Waals surface area contributed by atoms with E-state index in [0.717, 1.165) is 5.56 Å². The van der Waals surface area contributed by atoms with E-state index in [1.807, 2.05) is 0 Å². The van der Waals surface area contributed by atoms with E-state index in [1.54, 1.807) is 13.1 Å². The predicted molar refractivity (Wildman–Crippen MR) is 52.9 cm³/mol. The molecule has 2 aromatic heterocycles. The van der Waals surface area contributed by atoms with Crippen molar-refractivity contribution >= 4 is 17.6 Å². The molecule has 0 atom stereocenters. The van der Waals surface area contributed by atoms with E-state index in [0.29, 0.717) is 5.69 Å². The molecule has 6 nitrogen and oxygen atoms in total. The summed E-state index contributed by atoms with van der Waals surface area (Å²) in [7, 11) is 0. The highest BCUT2D eigenvalue weighted by Gasteiger charge is 2.21. The standard InChI is InChI=1S/C8H7ClN4O2/c1-3-2-10-11-5(3)6-4(8(14)15)7(9)13-12-6/h2H,1H3,(H,10,11)(H,12,13)(H,14,15). The van der Waals surface area contributed by atoms with Gasteiger partial charge in [0.1, 0.15) is 16.4 Å². The predicted octanol–water partition coefficient (Wildman–Crippen LogP) is 1.46. The van der Waals surface area contributed by atoms with Crippen LogP contribution in [0.4, 0.5) is 0 Å². The summed E-state index contributed by atoms with van der Waals surface area (Å²) in [5.74, 6) is -1.13. The molecule has 0 aliphatic heterocycles. The van der Waals surface area contributed by atoms with Crippen LogP contribution in [0.5, 0.6) is 0 Å². The van der Waals surface area contributed by atoms with Gasteiger partial charge in [-0.25, -0.2) is 4.79 Å². The molecule has 0 aliphatic carbocycles. The molecular weight excluding hydrogens is 220 g/mol. The Balaban J connectivity index is 2.64. The Kier molecular flexibility index (Phi) is 2.20. The van der Waals surface area contributed by atoms with Crippen molar-refractivity contribution in [2.75, 3.05) is 0 Å². The number of halogens is 1. The average molecular weight is 227 g/mol. The lowest BCUT2D eigenvalue weighted by molar-refractivity contribution is 0.0698. The van der Waals surface area contributed by atoms with Crippen molar-refractivity contribution in [3.8, 4) is 11.4 Å². The molecule has 0 aromatic carbocycles. The highest BCUT2D eigenvalue weighted by atomic mass is 35.5. The van der Waals surface area contributed by atoms with Crippen LogP contribution >= 0.6 is 11.6 Å². The number of aryl methyl sites for hydroxylation is 1. The van der Waals surface area contributed by atoms with E-state index in [9.17, 15) is 4.79 Å². The molecule has 78 valence electrons. The van der Waals surface area contributed by atoms with E-state index in [-0.39, 0.29) is 16.4 Å². The van der Waals surface area contributed by atoms with Gasteiger partial charge in [-0.3, -0.25) is 10.2 Å². The molecule has 0 saturated heterocycles. The van der Waals surface area contributed by atoms with Crippen molar-refractivity contribution in [3.63, 3.8) is 0 Å². The van der Waals surface area contributed by atoms with Gasteiger partial charge in [-0.1, -0.05) is 11.6 Å². The van der Waals surface area contributed by atoms with Gasteiger partial charge in [0.05, 0.1) is 11.9 Å². The van der Waals surface area contributed by atoms with Crippen LogP contribution in [-0.4, -0.2) is 31.5 Å². The number of rotatable bonds is 2. The molecule has 2 heterocycles. The number of carboxylic acids is 1. The minimum atomic E-state index is -1.13. The summed E-state index contributed by atoms with van der Waals surface area (Å²) in [6.07, 6.45) is 1.59. The van der Waals surface area contributed by atoms with Gasteiger partial charge >= 0.3 is 5.97 Å². The third-order valence-corrected chi connectivity index (χ3v) is 2.28. The van der Waals surface area contributed by atoms with Gasteiger partial charge in [0.2, 0.25) is 0 Å². The third-order valence-electron chi connectivity index (χ3n) is 2.00. The Labute approximate surface area is 89.3 Å². The van der Waals surface area contributed by atoms with Crippen LogP contribution in [0.15, 0.2) is 6.20 Å². The highest BCUT2D eigenvalue weighted by Crippen LogP contribution is 2.26. The van der Waals surface area contributed by atoms with Crippen molar-refractivity contribution < 1.29 is 9.90 Å². The van der Waals surface area contributed by atoms with Crippen molar-refractivity contribution in [1.29, 1.82) is 0 Å². The van der Waals surface area contributed by atoms with Crippen LogP contribution in [0.3, 0.4) is 0 Å². The highest BCUT2D eigenvalue weighted by molar-refractivity contribution is 6.33. The third kappa shape index (κ3) is 1.48. The summed E-state index contributed by atoms with van der Waals surface area (Å²) in [5.41, 5.74) is 1.57. The molecule has 15 heavy (non-hydrogen) atoms. The van der Waals surface area contributed by atoms with E-state index >= 15 is 0 Å². The SMILES string of the molecule is Cc1cn[nH]c1-c1n[nH]c(Cl)c1C(=O)O. The fraction of sp³-hybridized carbons (Fsp3) is 0.125. The first-order valence-electron chi connectivity index (χ1n) is 4.08. The smallest absolute Gasteiger partial charge is 0.341 e. The monoisotopic (exact) mass is 226 g/mol. The molecule has 0 radical (unpaired) electrons. The Morgan fingerprint density at radius 2 is 2.27 bits per heavy atom. The van der Waals surface area contributed by atoms with E-state index in [4.69, 9.17) is 16.7 Å². The molecule has 0 fully saturated rings. The molecule has 0 unspecified atom stereocenters. The maximum atomic E-state index is 10.9. The first-order chi connectivity index (χ1) is 7.11. The summed E-state index contributed by atoms with van der Waals surface area (Å²) in [6.45, 7) is 1.80. The molecule has 3 N–H and O–H groups in total. The summed E-state index contributed by atoms with van der Waals surface area (Å²) >= 11 is 5.68. The van der Waals surface area contributed by atoms with Crippen LogP contribution in [0.2, 0.25) is 5.15 Å². The van der Waals surface area contributed by atoms with Crippen LogP contribution < -0.4 is 0 Å². The van der Waals surface area contributed by atoms with E-state index in [2.05, 4.69) is 20.4 Å². The Bertz CT molecular complexity index is 516. The van der Waals surface area contributed by atoms with Crippen LogP contribution in [-0.2, 0) is 0 Å². The normalized spacial score (nSPS) is 10.5. The molecule has 0 saturated carbocycles. The maximum Gasteiger partial charge on any atom is 0.341 e. The number of hydrogen-bond acceptors (Lipinski definition) is 3. The van der Waals surface area contributed by atoms with Crippen molar-refractivity contribution in [3.05, 3.63) is 22.5 Å². The van der Waals surface area contributed by atoms with Gasteiger partial charge in [0.15, 0.2) is 0 Å². The molecule has 7 heteroatoms. The second-order valence-corrected chi connectivity index (χ2v) is 3.37. The lowest BCUT2D eigenvalue weighted by atomic mass is 10.1. The quantitative estimate of drug-likeness (QED) is 0.723. The molecule has 0 aliphatic rings. The Morgan fingerprint density at radius 3 is 2.80 bits per heavy atom. The fourth-order valence-corrected chi connectivity index (χ4v) is 1.50. The van der Waals surface area contributed by atoms with Gasteiger partial charge < -0.3 is 5.11 Å². The van der Waals surface area contributed by atoms with E-state index in [1.165, 1.54) is 0 Å². The zero-order chi connectivity index (χ0) is 11.0. The number of aromatic carboxylic acids is 1. The lowest BCUT2D eigenvalue weighted by Crippen LogP contribution is -1.98. The van der Waals surface area contributed by atoms with Crippen LogP contribution in [0.25, 0.3) is 11.4 Å². The maximum absolute atomic E-state index is 10.9. The fourth-order valence-electron chi connectivity index (χ4n) is 1.28. The minimum Gasteiger partial charge on any atom is -0.477 e. The van der Waals surface area contributed by atoms with Gasteiger partial charge in [0, 0.05) is 0 Å². The van der Waals surface area contributed by atoms with Crippen molar-refractivity contribution in [1.82, 2.24) is 20.4 Å². The Morgan fingerprint density at radius 1 is 1.53 bits per heavy atom. The zero-order valence-electron chi connectivity index (χ0n) is 7.71. The number of nitrogens with one attached hydrogen (secondary N) is 2. The lowest BCUT2D eigenvalue weighted by Gasteiger charge is -1.96. The van der Waals surface area contributed by atoms with Gasteiger partial charge in [0.25, 0.3) is 0 Å². The number of aromatic nitrogens is 4. The second-order valence-electron chi connectivity index (χ2n) is 2.99. The van der Waals surface area contributed by atoms with Crippen molar-refractivity contribution in [2.24, 2.45) is 0 Å². The summed E-state index contributed by atoms with van der Waals surface area (Å²) in [4.78, 5) is 10.9. The van der Waals surface area contributed by atoms with Gasteiger partial charge in [-0.15, -0.1) is 0 Å². The Hall–Kier alpha value is -1.82. The molecule has 0 amide bonds. The first kappa shape index (κ1) is 9.72. The first-order valence-corrected chi connectivity index (χ1v) is 4.46. The largest absolute Gasteiger partial charge is 0.477 e. The number of carboxylic acid groups (broad SMARTS) is 1. The number of nitrogens with zero attached hydrogens (tertiary/aromatic N) is 2. The number of aromatic amines is 2. The summed E-state index contributed by atoms with van der Waals surface area (Å²) in [6, 6.07) is 0. The van der Waals surface area contributed by atoms with Crippen LogP contribution in [0, 0.1) is 6.92 Å². The van der Waals surface area contributed by atoms with Gasteiger partial charge in [-0.2, -0.15) is 10.2 Å². The zero-order valence-corrected chi connectivity index (χ0v) is 8.46. The van der Waals surface area contributed by atoms with Crippen molar-refractivity contribution in [2.45, 2.75) is 6.92 Å². The minimum absolute atomic E-state index is 0.00602. The van der Waals surface area contributed by atoms with Crippen LogP contribution in [0.1, 0.15) is 15.9 Å². The summed E-state index contributed by atoms with van der Waals surface area (Å²) < 4.78 is 0. The molecular formula is C8H7ClN4O2. The number of H-pyrrole nitrogens is 2. The second kappa shape index (κ2) is 3.39. The molecule has 0 bridgehead atoms. The average Bonchev–Trinajstić information content (AvgIpc) is 2.71. The molecule has 0 spiro atoms. The van der Waals surface area contributed by atoms with Gasteiger partial charge in [-0.05, 0) is 12.5 Å².